The molecule has 0 saturated heterocycles. The smallest absolute Gasteiger partial charge is 0.144 e. The molecule has 2 heterocycles. The van der Waals surface area contributed by atoms with Gasteiger partial charge in [0.05, 0.1) is 41.0 Å². The van der Waals surface area contributed by atoms with E-state index in [2.05, 4.69) is 4.98 Å². The SMILES string of the molecule is Fc1cc2c(cc1Cl)nc(CCl)n2Cc1ccoc1. The lowest BCUT2D eigenvalue weighted by molar-refractivity contribution is 0.562. The molecule has 98 valence electrons. The average molecular weight is 299 g/mol. The Kier molecular flexibility index (Phi) is 3.21. The maximum atomic E-state index is 13.6. The van der Waals surface area contributed by atoms with E-state index in [-0.39, 0.29) is 10.9 Å². The molecular formula is C13H9Cl2FN2O. The predicted molar refractivity (Wildman–Crippen MR) is 72.1 cm³/mol. The fourth-order valence-electron chi connectivity index (χ4n) is 2.01. The predicted octanol–water partition coefficient (Wildman–Crippen LogP) is 4.21. The zero-order valence-corrected chi connectivity index (χ0v) is 11.2. The van der Waals surface area contributed by atoms with E-state index >= 15 is 0 Å². The van der Waals surface area contributed by atoms with Gasteiger partial charge in [0.15, 0.2) is 0 Å². The van der Waals surface area contributed by atoms with Crippen LogP contribution in [0.3, 0.4) is 0 Å². The lowest BCUT2D eigenvalue weighted by atomic mass is 10.3. The summed E-state index contributed by atoms with van der Waals surface area (Å²) < 4.78 is 20.5. The standard InChI is InChI=1S/C13H9Cl2FN2O/c14-5-13-17-11-3-9(15)10(16)4-12(11)18(13)6-8-1-2-19-7-8/h1-4,7H,5-6H2. The number of benzene rings is 1. The van der Waals surface area contributed by atoms with Crippen molar-refractivity contribution in [3.8, 4) is 0 Å². The molecule has 6 heteroatoms. The third-order valence-electron chi connectivity index (χ3n) is 2.91. The molecule has 3 rings (SSSR count). The van der Waals surface area contributed by atoms with Crippen LogP contribution in [0.2, 0.25) is 5.02 Å². The zero-order chi connectivity index (χ0) is 13.4. The van der Waals surface area contributed by atoms with E-state index in [9.17, 15) is 4.39 Å². The summed E-state index contributed by atoms with van der Waals surface area (Å²) in [4.78, 5) is 4.36. The molecule has 0 aliphatic carbocycles. The van der Waals surface area contributed by atoms with Crippen molar-refractivity contribution in [2.45, 2.75) is 12.4 Å². The van der Waals surface area contributed by atoms with E-state index in [0.717, 1.165) is 5.56 Å². The summed E-state index contributed by atoms with van der Waals surface area (Å²) in [6.07, 6.45) is 3.22. The maximum absolute atomic E-state index is 13.6. The van der Waals surface area contributed by atoms with Gasteiger partial charge in [0, 0.05) is 11.6 Å². The monoisotopic (exact) mass is 298 g/mol. The molecule has 2 aromatic heterocycles. The summed E-state index contributed by atoms with van der Waals surface area (Å²) in [5.74, 6) is 0.439. The van der Waals surface area contributed by atoms with Gasteiger partial charge in [-0.1, -0.05) is 11.6 Å². The number of aromatic nitrogens is 2. The molecular weight excluding hydrogens is 290 g/mol. The molecule has 1 aromatic carbocycles. The molecule has 0 N–H and O–H groups in total. The highest BCUT2D eigenvalue weighted by atomic mass is 35.5. The molecule has 0 saturated carbocycles. The normalized spacial score (nSPS) is 11.3. The first-order valence-electron chi connectivity index (χ1n) is 5.60. The van der Waals surface area contributed by atoms with Gasteiger partial charge in [-0.15, -0.1) is 11.6 Å². The van der Waals surface area contributed by atoms with E-state index in [0.29, 0.717) is 23.4 Å². The van der Waals surface area contributed by atoms with Crippen LogP contribution in [-0.4, -0.2) is 9.55 Å². The van der Waals surface area contributed by atoms with E-state index in [1.807, 2.05) is 10.6 Å². The Morgan fingerprint density at radius 1 is 1.37 bits per heavy atom. The van der Waals surface area contributed by atoms with Gasteiger partial charge >= 0.3 is 0 Å². The van der Waals surface area contributed by atoms with Crippen LogP contribution in [0.15, 0.2) is 35.1 Å². The fourth-order valence-corrected chi connectivity index (χ4v) is 2.38. The van der Waals surface area contributed by atoms with Crippen molar-refractivity contribution in [2.75, 3.05) is 0 Å². The summed E-state index contributed by atoms with van der Waals surface area (Å²) in [7, 11) is 0. The molecule has 3 aromatic rings. The number of hydrogen-bond donors (Lipinski definition) is 0. The first-order valence-corrected chi connectivity index (χ1v) is 6.51. The van der Waals surface area contributed by atoms with Crippen molar-refractivity contribution in [2.24, 2.45) is 0 Å². The van der Waals surface area contributed by atoms with Gasteiger partial charge in [0.2, 0.25) is 0 Å². The van der Waals surface area contributed by atoms with Crippen molar-refractivity contribution < 1.29 is 8.81 Å². The minimum Gasteiger partial charge on any atom is -0.472 e. The molecule has 3 nitrogen and oxygen atoms in total. The van der Waals surface area contributed by atoms with E-state index in [4.69, 9.17) is 27.6 Å². The highest BCUT2D eigenvalue weighted by Crippen LogP contribution is 2.25. The van der Waals surface area contributed by atoms with Crippen LogP contribution in [0, 0.1) is 5.82 Å². The van der Waals surface area contributed by atoms with Crippen LogP contribution in [0.1, 0.15) is 11.4 Å². The Balaban J connectivity index is 2.17. The summed E-state index contributed by atoms with van der Waals surface area (Å²) in [5, 5.41) is 0.0570. The molecule has 0 aliphatic rings. The molecule has 0 bridgehead atoms. The number of alkyl halides is 1. The van der Waals surface area contributed by atoms with Gasteiger partial charge in [0.1, 0.15) is 11.6 Å². The van der Waals surface area contributed by atoms with Crippen LogP contribution in [-0.2, 0) is 12.4 Å². The lowest BCUT2D eigenvalue weighted by Crippen LogP contribution is -2.03. The second-order valence-corrected chi connectivity index (χ2v) is 4.81. The molecule has 19 heavy (non-hydrogen) atoms. The van der Waals surface area contributed by atoms with E-state index in [1.165, 1.54) is 12.1 Å². The number of hydrogen-bond acceptors (Lipinski definition) is 2. The number of halogens is 3. The number of nitrogens with zero attached hydrogens (tertiary/aromatic N) is 2. The van der Waals surface area contributed by atoms with Crippen molar-refractivity contribution in [3.63, 3.8) is 0 Å². The third-order valence-corrected chi connectivity index (χ3v) is 3.44. The quantitative estimate of drug-likeness (QED) is 0.678. The molecule has 0 aliphatic heterocycles. The first kappa shape index (κ1) is 12.5. The topological polar surface area (TPSA) is 31.0 Å². The van der Waals surface area contributed by atoms with Crippen molar-refractivity contribution in [1.29, 1.82) is 0 Å². The molecule has 0 atom stereocenters. The van der Waals surface area contributed by atoms with Gasteiger partial charge in [-0.25, -0.2) is 9.37 Å². The Bertz CT molecular complexity index is 722. The number of imidazole rings is 1. The van der Waals surface area contributed by atoms with Crippen LogP contribution in [0.5, 0.6) is 0 Å². The fraction of sp³-hybridized carbons (Fsp3) is 0.154. The number of furan rings is 1. The Morgan fingerprint density at radius 2 is 2.21 bits per heavy atom. The minimum absolute atomic E-state index is 0.0570. The van der Waals surface area contributed by atoms with E-state index in [1.54, 1.807) is 12.5 Å². The molecule has 0 radical (unpaired) electrons. The van der Waals surface area contributed by atoms with Crippen LogP contribution in [0.4, 0.5) is 4.39 Å². The van der Waals surface area contributed by atoms with E-state index < -0.39 is 5.82 Å². The second kappa shape index (κ2) is 4.87. The lowest BCUT2D eigenvalue weighted by Gasteiger charge is -2.06. The van der Waals surface area contributed by atoms with Gasteiger partial charge in [-0.05, 0) is 12.1 Å². The number of fused-ring (bicyclic) bond motifs is 1. The molecule has 0 amide bonds. The zero-order valence-electron chi connectivity index (χ0n) is 9.74. The Morgan fingerprint density at radius 3 is 2.89 bits per heavy atom. The number of rotatable bonds is 3. The second-order valence-electron chi connectivity index (χ2n) is 4.13. The van der Waals surface area contributed by atoms with Crippen LogP contribution >= 0.6 is 23.2 Å². The van der Waals surface area contributed by atoms with Crippen molar-refractivity contribution in [3.05, 3.63) is 53.0 Å². The summed E-state index contributed by atoms with van der Waals surface area (Å²) in [6.45, 7) is 0.524. The maximum Gasteiger partial charge on any atom is 0.144 e. The molecule has 0 unspecified atom stereocenters. The van der Waals surface area contributed by atoms with Crippen LogP contribution < -0.4 is 0 Å². The third kappa shape index (κ3) is 2.22. The molecule has 0 fully saturated rings. The van der Waals surface area contributed by atoms with Gasteiger partial charge in [-0.2, -0.15) is 0 Å². The summed E-state index contributed by atoms with van der Waals surface area (Å²) in [5.41, 5.74) is 2.25. The largest absolute Gasteiger partial charge is 0.472 e. The summed E-state index contributed by atoms with van der Waals surface area (Å²) >= 11 is 11.7. The Hall–Kier alpha value is -1.52. The van der Waals surface area contributed by atoms with Gasteiger partial charge in [0.25, 0.3) is 0 Å². The van der Waals surface area contributed by atoms with Gasteiger partial charge < -0.3 is 8.98 Å². The first-order chi connectivity index (χ1) is 9.19. The van der Waals surface area contributed by atoms with Crippen molar-refractivity contribution in [1.82, 2.24) is 9.55 Å². The van der Waals surface area contributed by atoms with Crippen LogP contribution in [0.25, 0.3) is 11.0 Å². The average Bonchev–Trinajstić information content (AvgIpc) is 3.00. The highest BCUT2D eigenvalue weighted by molar-refractivity contribution is 6.31. The van der Waals surface area contributed by atoms with Gasteiger partial charge in [-0.3, -0.25) is 0 Å². The van der Waals surface area contributed by atoms with Crippen molar-refractivity contribution >= 4 is 34.2 Å². The molecule has 0 spiro atoms. The minimum atomic E-state index is -0.469. The Labute approximate surface area is 118 Å². The summed E-state index contributed by atoms with van der Waals surface area (Å²) in [6, 6.07) is 4.73. The highest BCUT2D eigenvalue weighted by Gasteiger charge is 2.13.